The van der Waals surface area contributed by atoms with Crippen LogP contribution in [0.25, 0.3) is 11.3 Å². The number of hydrogen-bond acceptors (Lipinski definition) is 3. The lowest BCUT2D eigenvalue weighted by Gasteiger charge is -2.15. The summed E-state index contributed by atoms with van der Waals surface area (Å²) in [6, 6.07) is 20.8. The van der Waals surface area contributed by atoms with E-state index >= 15 is 0 Å². The van der Waals surface area contributed by atoms with Crippen LogP contribution in [0.5, 0.6) is 0 Å². The van der Waals surface area contributed by atoms with Gasteiger partial charge in [0.05, 0.1) is 11.1 Å². The van der Waals surface area contributed by atoms with Crippen molar-refractivity contribution < 1.29 is 9.59 Å². The molecule has 2 amide bonds. The summed E-state index contributed by atoms with van der Waals surface area (Å²) < 4.78 is 0. The zero-order chi connectivity index (χ0) is 18.0. The first-order chi connectivity index (χ1) is 12.7. The van der Waals surface area contributed by atoms with E-state index in [1.165, 1.54) is 0 Å². The molecule has 6 nitrogen and oxygen atoms in total. The fourth-order valence-electron chi connectivity index (χ4n) is 3.02. The summed E-state index contributed by atoms with van der Waals surface area (Å²) in [4.78, 5) is 24.8. The third-order valence-corrected chi connectivity index (χ3v) is 4.69. The Balaban J connectivity index is 1.40. The second-order valence-corrected chi connectivity index (χ2v) is 6.39. The Hall–Kier alpha value is -3.41. The third kappa shape index (κ3) is 2.97. The van der Waals surface area contributed by atoms with Crippen LogP contribution in [0.3, 0.4) is 0 Å². The molecule has 1 aromatic heterocycles. The Morgan fingerprint density at radius 2 is 1.58 bits per heavy atom. The molecule has 0 bridgehead atoms. The predicted octanol–water partition coefficient (Wildman–Crippen LogP) is 2.57. The van der Waals surface area contributed by atoms with Crippen molar-refractivity contribution in [1.82, 2.24) is 21.0 Å². The Kier molecular flexibility index (Phi) is 4.01. The molecule has 0 atom stereocenters. The fourth-order valence-corrected chi connectivity index (χ4v) is 3.02. The summed E-state index contributed by atoms with van der Waals surface area (Å²) in [7, 11) is 0. The standard InChI is InChI=1S/C20H18N4O2/c25-18(17-13-16(21-22-17)14-7-3-1-4-8-14)23-24-19(26)20(11-12-20)15-9-5-2-6-10-15/h1-10,13H,11-12H2,(H,21,22)(H,23,25)(H,24,26). The van der Waals surface area contributed by atoms with Crippen molar-refractivity contribution >= 4 is 11.8 Å². The van der Waals surface area contributed by atoms with Gasteiger partial charge in [-0.3, -0.25) is 25.5 Å². The minimum Gasteiger partial charge on any atom is -0.272 e. The van der Waals surface area contributed by atoms with E-state index in [4.69, 9.17) is 0 Å². The van der Waals surface area contributed by atoms with Crippen molar-refractivity contribution in [1.29, 1.82) is 0 Å². The van der Waals surface area contributed by atoms with Crippen molar-refractivity contribution in [3.05, 3.63) is 78.0 Å². The summed E-state index contributed by atoms with van der Waals surface area (Å²) in [5, 5.41) is 6.85. The summed E-state index contributed by atoms with van der Waals surface area (Å²) in [5.74, 6) is -0.628. The van der Waals surface area contributed by atoms with Crippen molar-refractivity contribution in [2.45, 2.75) is 18.3 Å². The van der Waals surface area contributed by atoms with Gasteiger partial charge >= 0.3 is 0 Å². The van der Waals surface area contributed by atoms with Gasteiger partial charge in [0.1, 0.15) is 5.69 Å². The molecule has 0 unspecified atom stereocenters. The number of hydrazine groups is 1. The number of aromatic amines is 1. The van der Waals surface area contributed by atoms with Crippen LogP contribution in [0.2, 0.25) is 0 Å². The number of amides is 2. The van der Waals surface area contributed by atoms with E-state index in [1.54, 1.807) is 6.07 Å². The van der Waals surface area contributed by atoms with Crippen molar-refractivity contribution in [3.8, 4) is 11.3 Å². The molecule has 26 heavy (non-hydrogen) atoms. The van der Waals surface area contributed by atoms with Crippen LogP contribution in [0.1, 0.15) is 28.9 Å². The number of benzene rings is 2. The van der Waals surface area contributed by atoms with Gasteiger partial charge in [-0.05, 0) is 24.5 Å². The van der Waals surface area contributed by atoms with Crippen LogP contribution in [-0.2, 0) is 10.2 Å². The van der Waals surface area contributed by atoms with E-state index in [0.717, 1.165) is 24.0 Å². The molecule has 2 aromatic carbocycles. The molecule has 1 fully saturated rings. The first-order valence-corrected chi connectivity index (χ1v) is 8.46. The Morgan fingerprint density at radius 3 is 2.23 bits per heavy atom. The summed E-state index contributed by atoms with van der Waals surface area (Å²) in [6.07, 6.45) is 1.56. The van der Waals surface area contributed by atoms with Crippen molar-refractivity contribution in [2.75, 3.05) is 0 Å². The van der Waals surface area contributed by atoms with Crippen LogP contribution in [0.15, 0.2) is 66.7 Å². The highest BCUT2D eigenvalue weighted by molar-refractivity contribution is 5.97. The molecule has 1 heterocycles. The second kappa shape index (κ2) is 6.48. The van der Waals surface area contributed by atoms with Gasteiger partial charge in [0.2, 0.25) is 5.91 Å². The quantitative estimate of drug-likeness (QED) is 0.635. The lowest BCUT2D eigenvalue weighted by Crippen LogP contribution is -2.46. The molecular weight excluding hydrogens is 328 g/mol. The molecule has 6 heteroatoms. The number of H-pyrrole nitrogens is 1. The molecule has 3 N–H and O–H groups in total. The Labute approximate surface area is 150 Å². The maximum absolute atomic E-state index is 12.5. The summed E-state index contributed by atoms with van der Waals surface area (Å²) >= 11 is 0. The molecule has 0 saturated heterocycles. The van der Waals surface area contributed by atoms with Crippen molar-refractivity contribution in [3.63, 3.8) is 0 Å². The largest absolute Gasteiger partial charge is 0.287 e. The van der Waals surface area contributed by atoms with Crippen LogP contribution in [0.4, 0.5) is 0 Å². The second-order valence-electron chi connectivity index (χ2n) is 6.39. The van der Waals surface area contributed by atoms with Gasteiger partial charge in [0.25, 0.3) is 5.91 Å². The van der Waals surface area contributed by atoms with Gasteiger partial charge in [0, 0.05) is 5.56 Å². The number of carbonyl (C=O) groups excluding carboxylic acids is 2. The molecule has 3 aromatic rings. The first kappa shape index (κ1) is 16.1. The van der Waals surface area contributed by atoms with Crippen molar-refractivity contribution in [2.24, 2.45) is 0 Å². The average molecular weight is 346 g/mol. The minimum atomic E-state index is -0.530. The summed E-state index contributed by atoms with van der Waals surface area (Å²) in [5.41, 5.74) is 7.32. The molecule has 4 rings (SSSR count). The Morgan fingerprint density at radius 1 is 0.923 bits per heavy atom. The monoisotopic (exact) mass is 346 g/mol. The van der Waals surface area contributed by atoms with E-state index in [2.05, 4.69) is 21.0 Å². The predicted molar refractivity (Wildman–Crippen MR) is 97.0 cm³/mol. The van der Waals surface area contributed by atoms with Gasteiger partial charge in [0.15, 0.2) is 0 Å². The molecule has 0 spiro atoms. The summed E-state index contributed by atoms with van der Waals surface area (Å²) in [6.45, 7) is 0. The van der Waals surface area contributed by atoms with Crippen LogP contribution in [-0.4, -0.2) is 22.0 Å². The van der Waals surface area contributed by atoms with E-state index in [-0.39, 0.29) is 11.6 Å². The normalized spacial score (nSPS) is 14.5. The molecule has 130 valence electrons. The Bertz CT molecular complexity index is 931. The van der Waals surface area contributed by atoms with Gasteiger partial charge in [-0.15, -0.1) is 0 Å². The fraction of sp³-hybridized carbons (Fsp3) is 0.150. The van der Waals surface area contributed by atoms with E-state index in [9.17, 15) is 9.59 Å². The molecule has 1 aliphatic carbocycles. The average Bonchev–Trinajstić information content (AvgIpc) is 3.37. The highest BCUT2D eigenvalue weighted by Crippen LogP contribution is 2.48. The van der Waals surface area contributed by atoms with Crippen LogP contribution >= 0.6 is 0 Å². The van der Waals surface area contributed by atoms with Gasteiger partial charge in [-0.1, -0.05) is 60.7 Å². The zero-order valence-corrected chi connectivity index (χ0v) is 14.0. The van der Waals surface area contributed by atoms with Gasteiger partial charge in [-0.25, -0.2) is 0 Å². The lowest BCUT2D eigenvalue weighted by atomic mass is 9.95. The van der Waals surface area contributed by atoms with Gasteiger partial charge in [-0.2, -0.15) is 5.10 Å². The number of hydrogen-bond donors (Lipinski definition) is 3. The number of aromatic nitrogens is 2. The topological polar surface area (TPSA) is 86.9 Å². The number of rotatable bonds is 4. The smallest absolute Gasteiger partial charge is 0.272 e. The molecule has 1 saturated carbocycles. The molecule has 1 aliphatic rings. The number of nitrogens with zero attached hydrogens (tertiary/aromatic N) is 1. The lowest BCUT2D eigenvalue weighted by molar-refractivity contribution is -0.124. The number of nitrogens with one attached hydrogen (secondary N) is 3. The highest BCUT2D eigenvalue weighted by Gasteiger charge is 2.51. The van der Waals surface area contributed by atoms with E-state index < -0.39 is 11.3 Å². The van der Waals surface area contributed by atoms with Crippen LogP contribution in [0, 0.1) is 0 Å². The minimum absolute atomic E-state index is 0.195. The SMILES string of the molecule is O=C(NNC(=O)C1(c2ccccc2)CC1)c1cc(-c2ccccc2)n[nH]1. The van der Waals surface area contributed by atoms with Gasteiger partial charge < -0.3 is 0 Å². The molecule has 0 aliphatic heterocycles. The van der Waals surface area contributed by atoms with E-state index in [0.29, 0.717) is 5.69 Å². The first-order valence-electron chi connectivity index (χ1n) is 8.46. The number of carbonyl (C=O) groups is 2. The molecular formula is C20H18N4O2. The van der Waals surface area contributed by atoms with E-state index in [1.807, 2.05) is 60.7 Å². The maximum atomic E-state index is 12.5. The highest BCUT2D eigenvalue weighted by atomic mass is 16.2. The zero-order valence-electron chi connectivity index (χ0n) is 14.0. The maximum Gasteiger partial charge on any atom is 0.287 e. The molecule has 0 radical (unpaired) electrons. The van der Waals surface area contributed by atoms with Crippen LogP contribution < -0.4 is 10.9 Å². The third-order valence-electron chi connectivity index (χ3n) is 4.69.